The van der Waals surface area contributed by atoms with E-state index in [9.17, 15) is 10.0 Å². The summed E-state index contributed by atoms with van der Waals surface area (Å²) in [4.78, 5) is 0. The van der Waals surface area contributed by atoms with E-state index in [1.165, 1.54) is 66.6 Å². The maximum Gasteiger partial charge on any atom is 0.489 e. The van der Waals surface area contributed by atoms with Crippen LogP contribution in [0.3, 0.4) is 0 Å². The van der Waals surface area contributed by atoms with Crippen molar-refractivity contribution in [2.75, 3.05) is 14.2 Å². The lowest BCUT2D eigenvalue weighted by molar-refractivity contribution is 0.420. The number of hydrogen-bond acceptors (Lipinski definition) is 4. The number of methoxy groups -OCH3 is 2. The highest BCUT2D eigenvalue weighted by atomic mass is 79.9. The largest absolute Gasteiger partial charge is 0.496 e. The van der Waals surface area contributed by atoms with Gasteiger partial charge >= 0.3 is 7.12 Å². The first-order chi connectivity index (χ1) is 34.7. The lowest BCUT2D eigenvalue weighted by atomic mass is 9.75. The average Bonchev–Trinajstić information content (AvgIpc) is 3.75. The zero-order valence-corrected chi connectivity index (χ0v) is 45.7. The quantitative estimate of drug-likeness (QED) is 0.163. The second kappa shape index (κ2) is 20.0. The fourth-order valence-corrected chi connectivity index (χ4v) is 11.9. The molecule has 2 N–H and O–H groups in total. The molecular weight excluding hydrogens is 1080 g/mol. The summed E-state index contributed by atoms with van der Waals surface area (Å²) in [7, 11) is 1.88. The molecule has 72 heavy (non-hydrogen) atoms. The molecule has 356 valence electrons. The average molecular weight is 1140 g/mol. The van der Waals surface area contributed by atoms with Gasteiger partial charge in [-0.1, -0.05) is 203 Å². The molecule has 0 aromatic heterocycles. The van der Waals surface area contributed by atoms with Gasteiger partial charge < -0.3 is 19.5 Å². The third-order valence-electron chi connectivity index (χ3n) is 14.4. The van der Waals surface area contributed by atoms with Gasteiger partial charge in [-0.25, -0.2) is 0 Å². The molecule has 0 amide bonds. The SMILES string of the molecule is CC1(C)c2ccc(Br)cc2-c2cc(Br)ccc21.COc1cc(-c2ccccc2-c2ccc3c(c2)-c2cc(Br)ccc2C3(C)C)cc2ccccc12.COc1cc(-c2ccccc2B(O)O)cc2ccccc12. The summed E-state index contributed by atoms with van der Waals surface area (Å²) in [5, 5.41) is 23.5. The van der Waals surface area contributed by atoms with E-state index in [1.807, 2.05) is 48.5 Å². The number of hydrogen-bond donors (Lipinski definition) is 2. The Morgan fingerprint density at radius 3 is 1.17 bits per heavy atom. The van der Waals surface area contributed by atoms with E-state index in [1.54, 1.807) is 26.4 Å². The molecule has 0 spiro atoms. The van der Waals surface area contributed by atoms with Crippen molar-refractivity contribution >= 4 is 81.9 Å². The predicted octanol–water partition coefficient (Wildman–Crippen LogP) is 17.0. The van der Waals surface area contributed by atoms with Crippen LogP contribution in [0.2, 0.25) is 0 Å². The number of fused-ring (bicyclic) bond motifs is 8. The van der Waals surface area contributed by atoms with Gasteiger partial charge in [0.2, 0.25) is 0 Å². The topological polar surface area (TPSA) is 58.9 Å². The first-order valence-electron chi connectivity index (χ1n) is 23.9. The Morgan fingerprint density at radius 2 is 0.722 bits per heavy atom. The molecule has 0 bridgehead atoms. The van der Waals surface area contributed by atoms with Crippen LogP contribution in [-0.2, 0) is 10.8 Å². The highest BCUT2D eigenvalue weighted by Gasteiger charge is 2.37. The first kappa shape index (κ1) is 49.3. The van der Waals surface area contributed by atoms with E-state index in [0.29, 0.717) is 5.46 Å². The van der Waals surface area contributed by atoms with E-state index in [4.69, 9.17) is 9.47 Å². The van der Waals surface area contributed by atoms with Crippen LogP contribution >= 0.6 is 47.8 Å². The Kier molecular flexibility index (Phi) is 13.7. The molecule has 0 saturated heterocycles. The van der Waals surface area contributed by atoms with Crippen LogP contribution in [-0.4, -0.2) is 31.4 Å². The minimum absolute atomic E-state index is 0.00484. The summed E-state index contributed by atoms with van der Waals surface area (Å²) >= 11 is 10.8. The molecule has 8 heteroatoms. The summed E-state index contributed by atoms with van der Waals surface area (Å²) in [6.07, 6.45) is 0. The van der Waals surface area contributed by atoms with Gasteiger partial charge in [-0.05, 0) is 161 Å². The van der Waals surface area contributed by atoms with Crippen molar-refractivity contribution in [3.8, 4) is 67.1 Å². The van der Waals surface area contributed by atoms with Gasteiger partial charge in [0, 0.05) is 35.0 Å². The Balaban J connectivity index is 0.000000134. The molecular formula is C64H52BBr3O4. The van der Waals surface area contributed by atoms with Crippen LogP contribution in [0.25, 0.3) is 77.2 Å². The van der Waals surface area contributed by atoms with Crippen molar-refractivity contribution in [1.29, 1.82) is 0 Å². The molecule has 2 aliphatic rings. The highest BCUT2D eigenvalue weighted by Crippen LogP contribution is 2.52. The fraction of sp³-hybridized carbons (Fsp3) is 0.125. The highest BCUT2D eigenvalue weighted by molar-refractivity contribution is 9.11. The summed E-state index contributed by atoms with van der Waals surface area (Å²) in [6.45, 7) is 9.22. The molecule has 0 heterocycles. The zero-order valence-electron chi connectivity index (χ0n) is 40.9. The van der Waals surface area contributed by atoms with Crippen molar-refractivity contribution in [3.05, 3.63) is 230 Å². The molecule has 0 saturated carbocycles. The Labute approximate surface area is 447 Å². The van der Waals surface area contributed by atoms with Gasteiger partial charge in [-0.2, -0.15) is 0 Å². The summed E-state index contributed by atoms with van der Waals surface area (Å²) in [6, 6.07) is 67.4. The van der Waals surface area contributed by atoms with E-state index < -0.39 is 7.12 Å². The van der Waals surface area contributed by atoms with Crippen LogP contribution in [0.5, 0.6) is 11.5 Å². The molecule has 10 aromatic carbocycles. The predicted molar refractivity (Wildman–Crippen MR) is 312 cm³/mol. The maximum atomic E-state index is 9.53. The van der Waals surface area contributed by atoms with E-state index in [2.05, 4.69) is 209 Å². The molecule has 12 rings (SSSR count). The van der Waals surface area contributed by atoms with Gasteiger partial charge in [0.1, 0.15) is 11.5 Å². The molecule has 0 atom stereocenters. The van der Waals surface area contributed by atoms with E-state index in [0.717, 1.165) is 57.8 Å². The smallest absolute Gasteiger partial charge is 0.489 e. The van der Waals surface area contributed by atoms with Crippen molar-refractivity contribution < 1.29 is 19.5 Å². The summed E-state index contributed by atoms with van der Waals surface area (Å²) < 4.78 is 14.6. The summed E-state index contributed by atoms with van der Waals surface area (Å²) in [5.41, 5.74) is 18.0. The number of halogens is 3. The standard InChI is InChI=1S/C32H25BrO.C17H15BO3.C15H12Br2/c1-32(2)29-14-12-21(17-27(29)28-19-23(33)13-15-30(28)32)24-9-6-7-10-25(24)22-16-20-8-4-5-11-26(20)31(18-22)34-3;1-21-17-11-13(10-12-6-2-3-8-15(12)17)14-7-4-5-9-16(14)18(19)20;1-15(2)13-5-3-9(16)7-11(13)12-8-10(17)4-6-14(12)15/h4-19H,1-3H3;2-11,19-20H,1H3;3-8H,1-2H3. The van der Waals surface area contributed by atoms with Crippen LogP contribution in [0, 0.1) is 0 Å². The van der Waals surface area contributed by atoms with E-state index in [-0.39, 0.29) is 10.8 Å². The second-order valence-corrected chi connectivity index (χ2v) is 22.1. The van der Waals surface area contributed by atoms with E-state index >= 15 is 0 Å². The molecule has 4 nitrogen and oxygen atoms in total. The van der Waals surface area contributed by atoms with Gasteiger partial charge in [0.25, 0.3) is 0 Å². The molecule has 0 aliphatic heterocycles. The van der Waals surface area contributed by atoms with Crippen molar-refractivity contribution in [3.63, 3.8) is 0 Å². The molecule has 0 radical (unpaired) electrons. The van der Waals surface area contributed by atoms with Gasteiger partial charge in [0.15, 0.2) is 0 Å². The molecule has 0 unspecified atom stereocenters. The molecule has 0 fully saturated rings. The summed E-state index contributed by atoms with van der Waals surface area (Å²) in [5.74, 6) is 1.67. The second-order valence-electron chi connectivity index (χ2n) is 19.4. The van der Waals surface area contributed by atoms with Gasteiger partial charge in [-0.15, -0.1) is 0 Å². The minimum Gasteiger partial charge on any atom is -0.496 e. The van der Waals surface area contributed by atoms with Crippen molar-refractivity contribution in [2.45, 2.75) is 38.5 Å². The maximum absolute atomic E-state index is 9.53. The zero-order chi connectivity index (χ0) is 50.5. The Bertz CT molecular complexity index is 3660. The Morgan fingerprint density at radius 1 is 0.361 bits per heavy atom. The number of ether oxygens (including phenoxy) is 2. The van der Waals surface area contributed by atoms with Crippen molar-refractivity contribution in [2.24, 2.45) is 0 Å². The lowest BCUT2D eigenvalue weighted by Gasteiger charge is -2.21. The molecule has 10 aromatic rings. The van der Waals surface area contributed by atoms with Crippen LogP contribution < -0.4 is 14.9 Å². The Hall–Kier alpha value is -6.26. The van der Waals surface area contributed by atoms with Crippen LogP contribution in [0.15, 0.2) is 208 Å². The minimum atomic E-state index is -1.50. The normalized spacial score (nSPS) is 13.2. The lowest BCUT2D eigenvalue weighted by Crippen LogP contribution is -2.31. The van der Waals surface area contributed by atoms with Crippen LogP contribution in [0.4, 0.5) is 0 Å². The number of benzene rings is 10. The van der Waals surface area contributed by atoms with Crippen molar-refractivity contribution in [1.82, 2.24) is 0 Å². The fourth-order valence-electron chi connectivity index (χ4n) is 10.8. The number of rotatable bonds is 6. The van der Waals surface area contributed by atoms with Gasteiger partial charge in [-0.3, -0.25) is 0 Å². The van der Waals surface area contributed by atoms with Gasteiger partial charge in [0.05, 0.1) is 14.2 Å². The van der Waals surface area contributed by atoms with Crippen LogP contribution in [0.1, 0.15) is 49.9 Å². The third kappa shape index (κ3) is 9.14. The first-order valence-corrected chi connectivity index (χ1v) is 26.3. The molecule has 2 aliphatic carbocycles. The third-order valence-corrected chi connectivity index (χ3v) is 15.9. The monoisotopic (exact) mass is 1130 g/mol.